The van der Waals surface area contributed by atoms with Gasteiger partial charge < -0.3 is 5.32 Å². The number of anilines is 2. The molecule has 42 heavy (non-hydrogen) atoms. The molecule has 6 rings (SSSR count). The molecule has 0 spiro atoms. The molecule has 2 fully saturated rings. The van der Waals surface area contributed by atoms with Crippen LogP contribution in [0, 0.1) is 11.3 Å². The van der Waals surface area contributed by atoms with Crippen molar-refractivity contribution in [2.24, 2.45) is 0 Å². The van der Waals surface area contributed by atoms with Gasteiger partial charge in [0.05, 0.1) is 11.6 Å². The Bertz CT molecular complexity index is 1550. The smallest absolute Gasteiger partial charge is 0.252 e. The molecule has 0 radical (unpaired) electrons. The number of aryl methyl sites for hydroxylation is 1. The number of nitrogens with one attached hydrogen (secondary N) is 1. The molecule has 3 amide bonds. The van der Waals surface area contributed by atoms with Crippen LogP contribution in [0.5, 0.6) is 0 Å². The lowest BCUT2D eigenvalue weighted by molar-refractivity contribution is -0.135. The summed E-state index contributed by atoms with van der Waals surface area (Å²) in [6.45, 7) is 0.709. The molecular formula is C31H28ClF2N5O3. The van der Waals surface area contributed by atoms with E-state index in [0.29, 0.717) is 59.9 Å². The minimum absolute atomic E-state index is 0.0904. The van der Waals surface area contributed by atoms with Crippen molar-refractivity contribution in [2.75, 3.05) is 16.3 Å². The Hall–Kier alpha value is -4.36. The van der Waals surface area contributed by atoms with E-state index >= 15 is 0 Å². The third-order valence-electron chi connectivity index (χ3n) is 7.85. The summed E-state index contributed by atoms with van der Waals surface area (Å²) in [5.41, 5.74) is 1.40. The second-order valence-corrected chi connectivity index (χ2v) is 11.0. The number of carbonyl (C=O) groups excluding carboxylic acids is 3. The van der Waals surface area contributed by atoms with Crippen LogP contribution in [0.15, 0.2) is 66.9 Å². The molecule has 1 N–H and O–H groups in total. The molecule has 1 saturated carbocycles. The van der Waals surface area contributed by atoms with E-state index in [0.717, 1.165) is 12.0 Å². The second-order valence-electron chi connectivity index (χ2n) is 10.6. The molecular weight excluding hydrogens is 564 g/mol. The molecule has 216 valence electrons. The third-order valence-corrected chi connectivity index (χ3v) is 8.08. The number of alkyl halides is 2. The predicted octanol–water partition coefficient (Wildman–Crippen LogP) is 5.14. The number of aromatic nitrogens is 1. The molecule has 11 heteroatoms. The number of carbonyl (C=O) groups is 3. The van der Waals surface area contributed by atoms with E-state index < -0.39 is 23.4 Å². The summed E-state index contributed by atoms with van der Waals surface area (Å²) >= 11 is 6.10. The van der Waals surface area contributed by atoms with Crippen LogP contribution in [0.4, 0.5) is 20.3 Å². The lowest BCUT2D eigenvalue weighted by Gasteiger charge is -2.42. The lowest BCUT2D eigenvalue weighted by atomic mass is 9.84. The number of nitrogens with zero attached hydrogens (tertiary/aromatic N) is 4. The molecule has 3 aliphatic rings. The van der Waals surface area contributed by atoms with Crippen LogP contribution >= 0.6 is 11.6 Å². The van der Waals surface area contributed by atoms with Gasteiger partial charge in [0, 0.05) is 48.8 Å². The largest absolute Gasteiger partial charge is 0.351 e. The standard InChI is InChI=1S/C21H19ClF2N2O2.C10H9N3O/c22-15-5-3-6-17(10-15)26(13-27)21(9-8-14-4-1-2-7-18(14)21)19(28)25-16-11-20(23,24)12-16;11-7-8-3-4-12-9(6-8)13-5-1-2-10(13)14/h1-7,10,13,16H,8-9,11-12H2,(H,25,28);3-4,6H,1-2,5H2. The molecule has 2 heterocycles. The fourth-order valence-electron chi connectivity index (χ4n) is 5.78. The number of fused-ring (bicyclic) bond motifs is 1. The molecule has 3 aromatic rings. The maximum atomic E-state index is 13.4. The normalized spacial score (nSPS) is 20.4. The van der Waals surface area contributed by atoms with E-state index in [9.17, 15) is 23.2 Å². The van der Waals surface area contributed by atoms with E-state index in [1.807, 2.05) is 30.3 Å². The molecule has 2 aliphatic carbocycles. The van der Waals surface area contributed by atoms with Crippen LogP contribution in [0.2, 0.25) is 5.02 Å². The summed E-state index contributed by atoms with van der Waals surface area (Å²) in [6.07, 6.45) is 3.84. The van der Waals surface area contributed by atoms with Gasteiger partial charge in [0.2, 0.25) is 12.3 Å². The van der Waals surface area contributed by atoms with Crippen molar-refractivity contribution in [3.63, 3.8) is 0 Å². The zero-order valence-electron chi connectivity index (χ0n) is 22.6. The topological polar surface area (TPSA) is 106 Å². The van der Waals surface area contributed by atoms with Gasteiger partial charge >= 0.3 is 0 Å². The highest BCUT2D eigenvalue weighted by atomic mass is 35.5. The first-order valence-corrected chi connectivity index (χ1v) is 14.0. The maximum Gasteiger partial charge on any atom is 0.252 e. The van der Waals surface area contributed by atoms with Crippen LogP contribution in [0.1, 0.15) is 48.8 Å². The van der Waals surface area contributed by atoms with Crippen molar-refractivity contribution in [1.29, 1.82) is 5.26 Å². The maximum absolute atomic E-state index is 13.4. The monoisotopic (exact) mass is 591 g/mol. The first-order valence-electron chi connectivity index (χ1n) is 13.6. The average molecular weight is 592 g/mol. The summed E-state index contributed by atoms with van der Waals surface area (Å²) in [4.78, 5) is 44.0. The van der Waals surface area contributed by atoms with Crippen molar-refractivity contribution in [1.82, 2.24) is 10.3 Å². The fourth-order valence-corrected chi connectivity index (χ4v) is 5.96. The fraction of sp³-hybridized carbons (Fsp3) is 0.323. The third kappa shape index (κ3) is 5.70. The number of hydrogen-bond acceptors (Lipinski definition) is 5. The predicted molar refractivity (Wildman–Crippen MR) is 153 cm³/mol. The van der Waals surface area contributed by atoms with Gasteiger partial charge in [-0.25, -0.2) is 13.8 Å². The highest BCUT2D eigenvalue weighted by Crippen LogP contribution is 2.45. The minimum Gasteiger partial charge on any atom is -0.351 e. The van der Waals surface area contributed by atoms with Gasteiger partial charge in [0.15, 0.2) is 5.54 Å². The second kappa shape index (κ2) is 11.9. The van der Waals surface area contributed by atoms with Crippen LogP contribution in [-0.2, 0) is 26.3 Å². The highest BCUT2D eigenvalue weighted by molar-refractivity contribution is 6.30. The van der Waals surface area contributed by atoms with Gasteiger partial charge in [0.25, 0.3) is 11.8 Å². The van der Waals surface area contributed by atoms with Crippen molar-refractivity contribution < 1.29 is 23.2 Å². The molecule has 1 aliphatic heterocycles. The number of hydrogen-bond donors (Lipinski definition) is 1. The molecule has 0 bridgehead atoms. The Morgan fingerprint density at radius 3 is 2.60 bits per heavy atom. The summed E-state index contributed by atoms with van der Waals surface area (Å²) in [5.74, 6) is -2.50. The van der Waals surface area contributed by atoms with E-state index in [1.165, 1.54) is 4.90 Å². The summed E-state index contributed by atoms with van der Waals surface area (Å²) in [5, 5.41) is 11.9. The van der Waals surface area contributed by atoms with Crippen molar-refractivity contribution in [3.8, 4) is 6.07 Å². The van der Waals surface area contributed by atoms with Crippen LogP contribution < -0.4 is 15.1 Å². The summed E-state index contributed by atoms with van der Waals surface area (Å²) < 4.78 is 26.5. The molecule has 8 nitrogen and oxygen atoms in total. The van der Waals surface area contributed by atoms with Gasteiger partial charge in [0.1, 0.15) is 5.82 Å². The van der Waals surface area contributed by atoms with Crippen molar-refractivity contribution in [3.05, 3.63) is 88.6 Å². The lowest BCUT2D eigenvalue weighted by Crippen LogP contribution is -2.60. The Balaban J connectivity index is 0.000000211. The molecule has 2 aromatic carbocycles. The van der Waals surface area contributed by atoms with Crippen molar-refractivity contribution in [2.45, 2.75) is 56.0 Å². The Morgan fingerprint density at radius 1 is 1.14 bits per heavy atom. The minimum atomic E-state index is -2.74. The van der Waals surface area contributed by atoms with E-state index in [4.69, 9.17) is 16.9 Å². The van der Waals surface area contributed by atoms with Crippen LogP contribution in [0.3, 0.4) is 0 Å². The number of nitriles is 1. The number of amides is 3. The Morgan fingerprint density at radius 2 is 1.93 bits per heavy atom. The number of pyridine rings is 1. The zero-order chi connectivity index (χ0) is 29.9. The zero-order valence-corrected chi connectivity index (χ0v) is 23.4. The van der Waals surface area contributed by atoms with Crippen LogP contribution in [0.25, 0.3) is 0 Å². The SMILES string of the molecule is N#Cc1ccnc(N2CCCC2=O)c1.O=CN(c1cccc(Cl)c1)C1(C(=O)NC2CC(F)(F)C2)CCc2ccccc21. The number of rotatable bonds is 6. The van der Waals surface area contributed by atoms with Gasteiger partial charge in [-0.05, 0) is 60.7 Å². The molecule has 1 saturated heterocycles. The first-order chi connectivity index (χ1) is 20.2. The van der Waals surface area contributed by atoms with E-state index in [-0.39, 0.29) is 18.7 Å². The van der Waals surface area contributed by atoms with Crippen molar-refractivity contribution >= 4 is 41.3 Å². The van der Waals surface area contributed by atoms with Crippen LogP contribution in [-0.4, -0.2) is 41.7 Å². The Kier molecular flexibility index (Phi) is 8.23. The Labute approximate surface area is 246 Å². The van der Waals surface area contributed by atoms with Gasteiger partial charge in [-0.1, -0.05) is 41.9 Å². The first kappa shape index (κ1) is 29.1. The molecule has 1 unspecified atom stereocenters. The summed E-state index contributed by atoms with van der Waals surface area (Å²) in [6, 6.07) is 18.8. The highest BCUT2D eigenvalue weighted by Gasteiger charge is 2.53. The molecule has 1 aromatic heterocycles. The average Bonchev–Trinajstić information content (AvgIpc) is 3.57. The molecule has 1 atom stereocenters. The van der Waals surface area contributed by atoms with Gasteiger partial charge in [-0.2, -0.15) is 5.26 Å². The summed E-state index contributed by atoms with van der Waals surface area (Å²) in [7, 11) is 0. The van der Waals surface area contributed by atoms with Gasteiger partial charge in [-0.15, -0.1) is 0 Å². The quantitative estimate of drug-likeness (QED) is 0.400. The van der Waals surface area contributed by atoms with Gasteiger partial charge in [-0.3, -0.25) is 24.2 Å². The number of halogens is 3. The van der Waals surface area contributed by atoms with E-state index in [2.05, 4.69) is 10.3 Å². The number of benzene rings is 2. The van der Waals surface area contributed by atoms with E-state index in [1.54, 1.807) is 47.5 Å².